The minimum Gasteiger partial charge on any atom is -0.356 e. The second-order valence-electron chi connectivity index (χ2n) is 7.13. The van der Waals surface area contributed by atoms with Crippen molar-refractivity contribution in [2.45, 2.75) is 46.1 Å². The number of hydrogen-bond donors (Lipinski definition) is 1. The largest absolute Gasteiger partial charge is 0.356 e. The fourth-order valence-corrected chi connectivity index (χ4v) is 3.06. The summed E-state index contributed by atoms with van der Waals surface area (Å²) in [4.78, 5) is 23.0. The van der Waals surface area contributed by atoms with Crippen molar-refractivity contribution in [1.29, 1.82) is 0 Å². The molecule has 3 rings (SSSR count). The Balaban J connectivity index is 1.57. The quantitative estimate of drug-likeness (QED) is 0.849. The van der Waals surface area contributed by atoms with Crippen molar-refractivity contribution in [3.05, 3.63) is 30.0 Å². The zero-order valence-corrected chi connectivity index (χ0v) is 15.7. The smallest absolute Gasteiger partial charge is 0.273 e. The Bertz CT molecular complexity index is 735. The first kappa shape index (κ1) is 18.3. The van der Waals surface area contributed by atoms with Gasteiger partial charge in [-0.05, 0) is 25.2 Å². The van der Waals surface area contributed by atoms with Crippen LogP contribution < -0.4 is 10.2 Å². The molecular weight excluding hydrogens is 330 g/mol. The molecular formula is C18H27N7O. The molecule has 1 N–H and O–H groups in total. The Morgan fingerprint density at radius 1 is 1.31 bits per heavy atom. The Hall–Kier alpha value is -2.51. The van der Waals surface area contributed by atoms with Gasteiger partial charge in [0.2, 0.25) is 0 Å². The number of nitrogens with zero attached hydrogens (tertiary/aromatic N) is 6. The van der Waals surface area contributed by atoms with Gasteiger partial charge in [-0.25, -0.2) is 14.6 Å². The van der Waals surface area contributed by atoms with E-state index in [1.54, 1.807) is 12.5 Å². The molecule has 8 heteroatoms. The van der Waals surface area contributed by atoms with Crippen molar-refractivity contribution in [2.24, 2.45) is 5.92 Å². The molecule has 140 valence electrons. The first-order valence-electron chi connectivity index (χ1n) is 9.32. The summed E-state index contributed by atoms with van der Waals surface area (Å²) in [5.74, 6) is 1.24. The Morgan fingerprint density at radius 3 is 2.77 bits per heavy atom. The number of nitrogens with one attached hydrogen (secondary N) is 1. The molecule has 0 saturated carbocycles. The highest BCUT2D eigenvalue weighted by molar-refractivity contribution is 5.91. The molecule has 2 aromatic rings. The van der Waals surface area contributed by atoms with Gasteiger partial charge in [0.1, 0.15) is 12.1 Å². The lowest BCUT2D eigenvalue weighted by Crippen LogP contribution is -2.35. The standard InChI is InChI=1S/C18H27N7O/c1-4-14-9-17(21-12-20-14)24-7-5-15(6-8-24)25-11-16(22-23-25)18(26)19-10-13(2)3/h9,11-13,15H,4-8,10H2,1-3H3,(H,19,26). The van der Waals surface area contributed by atoms with Gasteiger partial charge >= 0.3 is 0 Å². The van der Waals surface area contributed by atoms with E-state index in [-0.39, 0.29) is 11.9 Å². The van der Waals surface area contributed by atoms with Crippen molar-refractivity contribution in [3.63, 3.8) is 0 Å². The van der Waals surface area contributed by atoms with Crippen LogP contribution in [0, 0.1) is 5.92 Å². The second kappa shape index (κ2) is 8.25. The van der Waals surface area contributed by atoms with E-state index in [4.69, 9.17) is 0 Å². The molecule has 0 aliphatic carbocycles. The normalized spacial score (nSPS) is 15.5. The number of aromatic nitrogens is 5. The number of hydrogen-bond acceptors (Lipinski definition) is 6. The van der Waals surface area contributed by atoms with Gasteiger partial charge in [-0.2, -0.15) is 0 Å². The summed E-state index contributed by atoms with van der Waals surface area (Å²) >= 11 is 0. The maximum absolute atomic E-state index is 12.1. The van der Waals surface area contributed by atoms with Gasteiger partial charge in [0.05, 0.1) is 12.2 Å². The average molecular weight is 357 g/mol. The third-order valence-corrected chi connectivity index (χ3v) is 4.65. The molecule has 8 nitrogen and oxygen atoms in total. The molecule has 0 spiro atoms. The predicted octanol–water partition coefficient (Wildman–Crippen LogP) is 1.86. The highest BCUT2D eigenvalue weighted by atomic mass is 16.2. The van der Waals surface area contributed by atoms with E-state index >= 15 is 0 Å². The van der Waals surface area contributed by atoms with Crippen LogP contribution in [0.15, 0.2) is 18.6 Å². The van der Waals surface area contributed by atoms with Gasteiger partial charge in [-0.15, -0.1) is 5.10 Å². The molecule has 1 aliphatic heterocycles. The Labute approximate surface area is 154 Å². The summed E-state index contributed by atoms with van der Waals surface area (Å²) in [6, 6.07) is 2.32. The summed E-state index contributed by atoms with van der Waals surface area (Å²) in [7, 11) is 0. The van der Waals surface area contributed by atoms with Crippen LogP contribution in [-0.2, 0) is 6.42 Å². The number of piperidine rings is 1. The second-order valence-corrected chi connectivity index (χ2v) is 7.13. The Morgan fingerprint density at radius 2 is 2.08 bits per heavy atom. The van der Waals surface area contributed by atoms with Gasteiger partial charge in [0.15, 0.2) is 5.69 Å². The fraction of sp³-hybridized carbons (Fsp3) is 0.611. The van der Waals surface area contributed by atoms with Crippen LogP contribution >= 0.6 is 0 Å². The lowest BCUT2D eigenvalue weighted by molar-refractivity contribution is 0.0944. The molecule has 0 bridgehead atoms. The van der Waals surface area contributed by atoms with E-state index in [1.807, 2.05) is 4.68 Å². The van der Waals surface area contributed by atoms with Crippen LogP contribution in [-0.4, -0.2) is 50.5 Å². The maximum atomic E-state index is 12.1. The van der Waals surface area contributed by atoms with Crippen LogP contribution in [0.25, 0.3) is 0 Å². The van der Waals surface area contributed by atoms with E-state index in [9.17, 15) is 4.79 Å². The summed E-state index contributed by atoms with van der Waals surface area (Å²) in [6.07, 6.45) is 6.20. The third kappa shape index (κ3) is 4.36. The summed E-state index contributed by atoms with van der Waals surface area (Å²) < 4.78 is 1.83. The van der Waals surface area contributed by atoms with Crippen LogP contribution in [0.4, 0.5) is 5.82 Å². The number of amides is 1. The molecule has 0 atom stereocenters. The first-order chi connectivity index (χ1) is 12.6. The lowest BCUT2D eigenvalue weighted by Gasteiger charge is -2.32. The van der Waals surface area contributed by atoms with Crippen LogP contribution in [0.1, 0.15) is 55.8 Å². The van der Waals surface area contributed by atoms with Gasteiger partial charge in [0, 0.05) is 31.4 Å². The highest BCUT2D eigenvalue weighted by Gasteiger charge is 2.23. The molecule has 1 amide bonds. The van der Waals surface area contributed by atoms with Crippen LogP contribution in [0.5, 0.6) is 0 Å². The number of rotatable bonds is 6. The van der Waals surface area contributed by atoms with E-state index in [0.717, 1.165) is 43.9 Å². The van der Waals surface area contributed by atoms with Gasteiger partial charge < -0.3 is 10.2 Å². The van der Waals surface area contributed by atoms with E-state index in [1.165, 1.54) is 0 Å². The molecule has 1 saturated heterocycles. The van der Waals surface area contributed by atoms with E-state index in [2.05, 4.69) is 57.3 Å². The number of carbonyl (C=O) groups excluding carboxylic acids is 1. The monoisotopic (exact) mass is 357 g/mol. The van der Waals surface area contributed by atoms with Gasteiger partial charge in [-0.1, -0.05) is 26.0 Å². The molecule has 0 unspecified atom stereocenters. The summed E-state index contributed by atoms with van der Waals surface area (Å²) in [6.45, 7) is 8.66. The van der Waals surface area contributed by atoms with Crippen molar-refractivity contribution < 1.29 is 4.79 Å². The predicted molar refractivity (Wildman–Crippen MR) is 99.1 cm³/mol. The minimum absolute atomic E-state index is 0.157. The molecule has 26 heavy (non-hydrogen) atoms. The SMILES string of the molecule is CCc1cc(N2CCC(n3cc(C(=O)NCC(C)C)nn3)CC2)ncn1. The van der Waals surface area contributed by atoms with E-state index in [0.29, 0.717) is 18.2 Å². The Kier molecular flexibility index (Phi) is 5.80. The molecule has 2 aromatic heterocycles. The highest BCUT2D eigenvalue weighted by Crippen LogP contribution is 2.25. The molecule has 0 radical (unpaired) electrons. The topological polar surface area (TPSA) is 88.8 Å². The number of anilines is 1. The lowest BCUT2D eigenvalue weighted by atomic mass is 10.1. The number of aryl methyl sites for hydroxylation is 1. The zero-order valence-electron chi connectivity index (χ0n) is 15.7. The van der Waals surface area contributed by atoms with Crippen molar-refractivity contribution in [3.8, 4) is 0 Å². The van der Waals surface area contributed by atoms with Crippen LogP contribution in [0.3, 0.4) is 0 Å². The van der Waals surface area contributed by atoms with Crippen molar-refractivity contribution in [2.75, 3.05) is 24.5 Å². The number of carbonyl (C=O) groups is 1. The van der Waals surface area contributed by atoms with Crippen LogP contribution in [0.2, 0.25) is 0 Å². The van der Waals surface area contributed by atoms with E-state index < -0.39 is 0 Å². The third-order valence-electron chi connectivity index (χ3n) is 4.65. The molecule has 1 aliphatic rings. The first-order valence-corrected chi connectivity index (χ1v) is 9.32. The zero-order chi connectivity index (χ0) is 18.5. The summed E-state index contributed by atoms with van der Waals surface area (Å²) in [5, 5.41) is 11.1. The van der Waals surface area contributed by atoms with Gasteiger partial charge in [0.25, 0.3) is 5.91 Å². The molecule has 3 heterocycles. The molecule has 1 fully saturated rings. The van der Waals surface area contributed by atoms with Crippen molar-refractivity contribution >= 4 is 11.7 Å². The summed E-state index contributed by atoms with van der Waals surface area (Å²) in [5.41, 5.74) is 1.45. The molecule has 0 aromatic carbocycles. The fourth-order valence-electron chi connectivity index (χ4n) is 3.06. The van der Waals surface area contributed by atoms with Crippen molar-refractivity contribution in [1.82, 2.24) is 30.3 Å². The van der Waals surface area contributed by atoms with Gasteiger partial charge in [-0.3, -0.25) is 4.79 Å². The minimum atomic E-state index is -0.157. The maximum Gasteiger partial charge on any atom is 0.273 e. The average Bonchev–Trinajstić information content (AvgIpc) is 3.16.